The van der Waals surface area contributed by atoms with E-state index in [0.29, 0.717) is 22.9 Å². The number of fused-ring (bicyclic) bond motifs is 2. The van der Waals surface area contributed by atoms with Crippen LogP contribution in [0.15, 0.2) is 42.5 Å². The number of nitrogens with two attached hydrogens (primary N) is 1. The van der Waals surface area contributed by atoms with Gasteiger partial charge in [0.15, 0.2) is 17.6 Å². The summed E-state index contributed by atoms with van der Waals surface area (Å²) in [5.41, 5.74) is 6.82. The third-order valence-corrected chi connectivity index (χ3v) is 5.95. The molecule has 2 aromatic rings. The van der Waals surface area contributed by atoms with Gasteiger partial charge in [-0.3, -0.25) is 9.59 Å². The molecule has 2 amide bonds. The molecule has 1 saturated carbocycles. The fourth-order valence-corrected chi connectivity index (χ4v) is 4.44. The normalized spacial score (nSPS) is 20.6. The number of primary amides is 1. The van der Waals surface area contributed by atoms with Crippen LogP contribution in [0.2, 0.25) is 0 Å². The number of hydrogen-bond donors (Lipinski definition) is 2. The molecular formula is C23H25N3O5. The standard InChI is InChI=1S/C23H25N3O5/c24-22(28)20-13-26(16-6-2-3-7-17(16)29-20)14-21(27)25-15-8-9-18-19(12-15)31-23(30-18)10-4-1-5-11-23/h2-3,6-9,12,20H,1,4-5,10-11,13-14H2,(H2,24,28)(H,25,27). The van der Waals surface area contributed by atoms with Gasteiger partial charge in [0, 0.05) is 24.6 Å². The first-order valence-electron chi connectivity index (χ1n) is 10.6. The number of carbonyl (C=O) groups excluding carboxylic acids is 2. The highest BCUT2D eigenvalue weighted by molar-refractivity contribution is 5.95. The number of carbonyl (C=O) groups is 2. The Morgan fingerprint density at radius 2 is 1.81 bits per heavy atom. The quantitative estimate of drug-likeness (QED) is 0.784. The number of ether oxygens (including phenoxy) is 3. The average molecular weight is 423 g/mol. The lowest BCUT2D eigenvalue weighted by Gasteiger charge is -2.34. The highest BCUT2D eigenvalue weighted by atomic mass is 16.7. The number of rotatable bonds is 4. The highest BCUT2D eigenvalue weighted by Crippen LogP contribution is 2.46. The molecule has 1 aliphatic carbocycles. The van der Waals surface area contributed by atoms with Gasteiger partial charge in [0.2, 0.25) is 5.91 Å². The van der Waals surface area contributed by atoms with Gasteiger partial charge >= 0.3 is 0 Å². The maximum atomic E-state index is 12.8. The summed E-state index contributed by atoms with van der Waals surface area (Å²) >= 11 is 0. The summed E-state index contributed by atoms with van der Waals surface area (Å²) in [4.78, 5) is 26.2. The molecule has 31 heavy (non-hydrogen) atoms. The first-order valence-corrected chi connectivity index (χ1v) is 10.6. The minimum atomic E-state index is -0.806. The predicted octanol–water partition coefficient (Wildman–Crippen LogP) is 2.81. The van der Waals surface area contributed by atoms with Crippen molar-refractivity contribution in [1.82, 2.24) is 0 Å². The number of nitrogens with zero attached hydrogens (tertiary/aromatic N) is 1. The summed E-state index contributed by atoms with van der Waals surface area (Å²) < 4.78 is 17.9. The first-order chi connectivity index (χ1) is 15.0. The molecule has 0 bridgehead atoms. The average Bonchev–Trinajstić information content (AvgIpc) is 3.10. The van der Waals surface area contributed by atoms with Crippen molar-refractivity contribution in [3.05, 3.63) is 42.5 Å². The molecule has 1 fully saturated rings. The summed E-state index contributed by atoms with van der Waals surface area (Å²) in [6.07, 6.45) is 4.32. The van der Waals surface area contributed by atoms with Crippen LogP contribution >= 0.6 is 0 Å². The zero-order valence-electron chi connectivity index (χ0n) is 17.1. The Morgan fingerprint density at radius 3 is 2.61 bits per heavy atom. The maximum absolute atomic E-state index is 12.8. The summed E-state index contributed by atoms with van der Waals surface area (Å²) in [5, 5.41) is 2.91. The van der Waals surface area contributed by atoms with Crippen molar-refractivity contribution in [3.8, 4) is 17.2 Å². The zero-order chi connectivity index (χ0) is 21.4. The van der Waals surface area contributed by atoms with E-state index >= 15 is 0 Å². The van der Waals surface area contributed by atoms with Gasteiger partial charge in [0.25, 0.3) is 11.7 Å². The Hall–Kier alpha value is -3.42. The Morgan fingerprint density at radius 1 is 1.03 bits per heavy atom. The van der Waals surface area contributed by atoms with Gasteiger partial charge in [0.1, 0.15) is 5.75 Å². The second kappa shape index (κ2) is 7.68. The van der Waals surface area contributed by atoms with E-state index in [4.69, 9.17) is 19.9 Å². The van der Waals surface area contributed by atoms with Crippen molar-refractivity contribution in [2.24, 2.45) is 5.73 Å². The van der Waals surface area contributed by atoms with E-state index in [1.165, 1.54) is 6.42 Å². The second-order valence-electron chi connectivity index (χ2n) is 8.24. The van der Waals surface area contributed by atoms with Gasteiger partial charge in [-0.2, -0.15) is 0 Å². The fraction of sp³-hybridized carbons (Fsp3) is 0.391. The van der Waals surface area contributed by atoms with Crippen LogP contribution in [0.25, 0.3) is 0 Å². The molecule has 162 valence electrons. The van der Waals surface area contributed by atoms with E-state index < -0.39 is 17.8 Å². The molecule has 8 heteroatoms. The minimum absolute atomic E-state index is 0.0581. The van der Waals surface area contributed by atoms with Gasteiger partial charge in [-0.15, -0.1) is 0 Å². The van der Waals surface area contributed by atoms with Crippen molar-refractivity contribution >= 4 is 23.2 Å². The molecule has 5 rings (SSSR count). The van der Waals surface area contributed by atoms with E-state index in [-0.39, 0.29) is 19.0 Å². The Balaban J connectivity index is 1.27. The Bertz CT molecular complexity index is 1020. The molecular weight excluding hydrogens is 398 g/mol. The number of amides is 2. The lowest BCUT2D eigenvalue weighted by atomic mass is 9.94. The lowest BCUT2D eigenvalue weighted by Crippen LogP contribution is -2.49. The molecule has 0 aromatic heterocycles. The molecule has 3 N–H and O–H groups in total. The molecule has 2 aromatic carbocycles. The predicted molar refractivity (Wildman–Crippen MR) is 114 cm³/mol. The van der Waals surface area contributed by atoms with Crippen molar-refractivity contribution in [1.29, 1.82) is 0 Å². The van der Waals surface area contributed by atoms with Crippen LogP contribution in [0.5, 0.6) is 17.2 Å². The van der Waals surface area contributed by atoms with E-state index in [9.17, 15) is 9.59 Å². The largest absolute Gasteiger partial charge is 0.477 e. The summed E-state index contributed by atoms with van der Waals surface area (Å²) in [5.74, 6) is 0.575. The number of nitrogens with one attached hydrogen (secondary N) is 1. The Labute approximate surface area is 180 Å². The van der Waals surface area contributed by atoms with Gasteiger partial charge < -0.3 is 30.2 Å². The molecule has 3 aliphatic rings. The van der Waals surface area contributed by atoms with Gasteiger partial charge in [0.05, 0.1) is 18.8 Å². The molecule has 1 unspecified atom stereocenters. The van der Waals surface area contributed by atoms with Crippen molar-refractivity contribution in [2.75, 3.05) is 23.3 Å². The van der Waals surface area contributed by atoms with Crippen LogP contribution in [0.3, 0.4) is 0 Å². The van der Waals surface area contributed by atoms with Crippen molar-refractivity contribution in [2.45, 2.75) is 44.0 Å². The van der Waals surface area contributed by atoms with Crippen LogP contribution in [0, 0.1) is 0 Å². The van der Waals surface area contributed by atoms with Crippen molar-refractivity contribution < 1.29 is 23.8 Å². The summed E-state index contributed by atoms with van der Waals surface area (Å²) in [6, 6.07) is 12.7. The lowest BCUT2D eigenvalue weighted by molar-refractivity contribution is -0.125. The van der Waals surface area contributed by atoms with Crippen LogP contribution in [0.4, 0.5) is 11.4 Å². The molecule has 1 atom stereocenters. The number of para-hydroxylation sites is 2. The first kappa shape index (κ1) is 19.5. The van der Waals surface area contributed by atoms with Crippen molar-refractivity contribution in [3.63, 3.8) is 0 Å². The highest BCUT2D eigenvalue weighted by Gasteiger charge is 2.42. The van der Waals surface area contributed by atoms with E-state index in [0.717, 1.165) is 31.4 Å². The van der Waals surface area contributed by atoms with Crippen LogP contribution in [0.1, 0.15) is 32.1 Å². The second-order valence-corrected chi connectivity index (χ2v) is 8.24. The maximum Gasteiger partial charge on any atom is 0.260 e. The third-order valence-electron chi connectivity index (χ3n) is 5.95. The van der Waals surface area contributed by atoms with Crippen LogP contribution < -0.4 is 30.2 Å². The molecule has 0 radical (unpaired) electrons. The fourth-order valence-electron chi connectivity index (χ4n) is 4.44. The molecule has 1 spiro atoms. The number of benzene rings is 2. The van der Waals surface area contributed by atoms with E-state index in [1.54, 1.807) is 23.1 Å². The smallest absolute Gasteiger partial charge is 0.260 e. The summed E-state index contributed by atoms with van der Waals surface area (Å²) in [6.45, 7) is 0.270. The SMILES string of the molecule is NC(=O)C1CN(CC(=O)Nc2ccc3c(c2)OC2(CCCCC2)O3)c2ccccc2O1. The Kier molecular flexibility index (Phi) is 4.84. The number of hydrogen-bond acceptors (Lipinski definition) is 6. The molecule has 2 aliphatic heterocycles. The zero-order valence-corrected chi connectivity index (χ0v) is 17.1. The molecule has 2 heterocycles. The third kappa shape index (κ3) is 3.85. The van der Waals surface area contributed by atoms with Crippen LogP contribution in [-0.2, 0) is 9.59 Å². The molecule has 8 nitrogen and oxygen atoms in total. The minimum Gasteiger partial charge on any atom is -0.477 e. The van der Waals surface area contributed by atoms with Gasteiger partial charge in [-0.05, 0) is 37.1 Å². The topological polar surface area (TPSA) is 103 Å². The molecule has 0 saturated heterocycles. The van der Waals surface area contributed by atoms with E-state index in [1.807, 2.05) is 24.3 Å². The van der Waals surface area contributed by atoms with Gasteiger partial charge in [-0.1, -0.05) is 18.6 Å². The van der Waals surface area contributed by atoms with Gasteiger partial charge in [-0.25, -0.2) is 0 Å². The number of anilines is 2. The van der Waals surface area contributed by atoms with Crippen LogP contribution in [-0.4, -0.2) is 36.8 Å². The summed E-state index contributed by atoms with van der Waals surface area (Å²) in [7, 11) is 0. The van der Waals surface area contributed by atoms with E-state index in [2.05, 4.69) is 5.32 Å². The monoisotopic (exact) mass is 423 g/mol.